The highest BCUT2D eigenvalue weighted by atomic mass is 16.3. The molecule has 1 unspecified atom stereocenters. The minimum atomic E-state index is -0.786. The maximum atomic E-state index is 10.3. The molecule has 1 aromatic heterocycles. The zero-order chi connectivity index (χ0) is 15.8. The number of para-hydroxylation sites is 1. The molecule has 4 nitrogen and oxygen atoms in total. The van der Waals surface area contributed by atoms with Crippen molar-refractivity contribution in [1.29, 1.82) is 5.26 Å². The van der Waals surface area contributed by atoms with Gasteiger partial charge in [-0.25, -0.2) is 0 Å². The molecule has 4 heteroatoms. The number of pyridine rings is 1. The number of benzene rings is 2. The average Bonchev–Trinajstić information content (AvgIpc) is 2.90. The van der Waals surface area contributed by atoms with E-state index in [-0.39, 0.29) is 0 Å². The van der Waals surface area contributed by atoms with Crippen LogP contribution in [-0.2, 0) is 0 Å². The Balaban J connectivity index is 1.91. The molecule has 0 spiro atoms. The molecule has 23 heavy (non-hydrogen) atoms. The minimum Gasteiger partial charge on any atom is -0.369 e. The highest BCUT2D eigenvalue weighted by Crippen LogP contribution is 2.36. The summed E-state index contributed by atoms with van der Waals surface area (Å²) in [4.78, 5) is 4.36. The van der Waals surface area contributed by atoms with Crippen LogP contribution in [0.15, 0.2) is 54.7 Å². The standard InChI is InChI=1S/C19H13N3O/c20-11-12-5-6-18-15(9-12)16(19(23)22-18)10-13-7-8-21-17-4-2-1-3-14(13)17/h1-10,19,22-23H. The first-order valence-electron chi connectivity index (χ1n) is 7.31. The summed E-state index contributed by atoms with van der Waals surface area (Å²) < 4.78 is 0. The van der Waals surface area contributed by atoms with Crippen molar-refractivity contribution in [2.24, 2.45) is 0 Å². The summed E-state index contributed by atoms with van der Waals surface area (Å²) in [6.45, 7) is 0. The molecule has 2 aromatic carbocycles. The summed E-state index contributed by atoms with van der Waals surface area (Å²) in [5.41, 5.74) is 4.92. The van der Waals surface area contributed by atoms with E-state index in [1.165, 1.54) is 0 Å². The van der Waals surface area contributed by atoms with Gasteiger partial charge in [-0.15, -0.1) is 0 Å². The topological polar surface area (TPSA) is 68.9 Å². The molecule has 1 aliphatic heterocycles. The molecule has 0 amide bonds. The van der Waals surface area contributed by atoms with E-state index in [1.807, 2.05) is 42.5 Å². The Bertz CT molecular complexity index is 980. The van der Waals surface area contributed by atoms with Crippen LogP contribution in [0.25, 0.3) is 22.6 Å². The number of aliphatic hydroxyl groups excluding tert-OH is 1. The molecule has 1 atom stereocenters. The van der Waals surface area contributed by atoms with Crippen LogP contribution in [0.5, 0.6) is 0 Å². The Morgan fingerprint density at radius 3 is 2.91 bits per heavy atom. The molecular formula is C19H13N3O. The molecule has 0 bridgehead atoms. The number of aliphatic hydroxyl groups is 1. The third-order valence-electron chi connectivity index (χ3n) is 4.04. The smallest absolute Gasteiger partial charge is 0.151 e. The van der Waals surface area contributed by atoms with Crippen LogP contribution in [0, 0.1) is 11.3 Å². The van der Waals surface area contributed by atoms with Crippen molar-refractivity contribution in [1.82, 2.24) is 4.98 Å². The van der Waals surface area contributed by atoms with E-state index in [0.29, 0.717) is 5.56 Å². The van der Waals surface area contributed by atoms with Crippen molar-refractivity contribution in [3.8, 4) is 6.07 Å². The summed E-state index contributed by atoms with van der Waals surface area (Å²) in [6.07, 6.45) is 2.93. The van der Waals surface area contributed by atoms with Gasteiger partial charge in [-0.3, -0.25) is 4.98 Å². The number of fused-ring (bicyclic) bond motifs is 2. The van der Waals surface area contributed by atoms with Gasteiger partial charge in [-0.05, 0) is 42.0 Å². The Morgan fingerprint density at radius 2 is 2.04 bits per heavy atom. The lowest BCUT2D eigenvalue weighted by molar-refractivity contribution is 0.266. The van der Waals surface area contributed by atoms with Crippen LogP contribution in [0.4, 0.5) is 5.69 Å². The van der Waals surface area contributed by atoms with Gasteiger partial charge >= 0.3 is 0 Å². The van der Waals surface area contributed by atoms with Gasteiger partial charge in [0.1, 0.15) is 0 Å². The lowest BCUT2D eigenvalue weighted by Crippen LogP contribution is -2.12. The first kappa shape index (κ1) is 13.5. The normalized spacial score (nSPS) is 17.7. The predicted molar refractivity (Wildman–Crippen MR) is 90.4 cm³/mol. The van der Waals surface area contributed by atoms with Crippen molar-refractivity contribution in [2.45, 2.75) is 6.23 Å². The molecule has 4 rings (SSSR count). The molecule has 0 saturated heterocycles. The first-order valence-corrected chi connectivity index (χ1v) is 7.31. The molecule has 0 saturated carbocycles. The highest BCUT2D eigenvalue weighted by Gasteiger charge is 2.24. The maximum Gasteiger partial charge on any atom is 0.151 e. The molecule has 110 valence electrons. The van der Waals surface area contributed by atoms with Gasteiger partial charge < -0.3 is 10.4 Å². The fraction of sp³-hybridized carbons (Fsp3) is 0.0526. The van der Waals surface area contributed by atoms with Crippen LogP contribution >= 0.6 is 0 Å². The van der Waals surface area contributed by atoms with Gasteiger partial charge in [0.15, 0.2) is 6.23 Å². The van der Waals surface area contributed by atoms with Gasteiger partial charge in [0.2, 0.25) is 0 Å². The van der Waals surface area contributed by atoms with Crippen molar-refractivity contribution in [2.75, 3.05) is 5.32 Å². The Morgan fingerprint density at radius 1 is 1.17 bits per heavy atom. The van der Waals surface area contributed by atoms with E-state index in [4.69, 9.17) is 5.26 Å². The van der Waals surface area contributed by atoms with Crippen LogP contribution < -0.4 is 5.32 Å². The summed E-state index contributed by atoms with van der Waals surface area (Å²) in [5, 5.41) is 23.5. The molecule has 2 heterocycles. The van der Waals surface area contributed by atoms with Crippen LogP contribution in [0.1, 0.15) is 16.7 Å². The Kier molecular flexibility index (Phi) is 3.07. The first-order chi connectivity index (χ1) is 11.3. The third-order valence-corrected chi connectivity index (χ3v) is 4.04. The summed E-state index contributed by atoms with van der Waals surface area (Å²) in [7, 11) is 0. The van der Waals surface area contributed by atoms with Crippen molar-refractivity contribution < 1.29 is 5.11 Å². The van der Waals surface area contributed by atoms with E-state index in [0.717, 1.165) is 33.3 Å². The quantitative estimate of drug-likeness (QED) is 0.722. The number of anilines is 1. The maximum absolute atomic E-state index is 10.3. The molecule has 0 aliphatic carbocycles. The average molecular weight is 299 g/mol. The molecule has 3 aromatic rings. The summed E-state index contributed by atoms with van der Waals surface area (Å²) in [5.74, 6) is 0. The van der Waals surface area contributed by atoms with E-state index in [2.05, 4.69) is 16.4 Å². The lowest BCUT2D eigenvalue weighted by atomic mass is 10.00. The fourth-order valence-corrected chi connectivity index (χ4v) is 2.92. The highest BCUT2D eigenvalue weighted by molar-refractivity contribution is 5.99. The van der Waals surface area contributed by atoms with E-state index < -0.39 is 6.23 Å². The Labute approximate surface area is 133 Å². The monoisotopic (exact) mass is 299 g/mol. The number of hydrogen-bond donors (Lipinski definition) is 2. The number of nitrogens with one attached hydrogen (secondary N) is 1. The van der Waals surface area contributed by atoms with Gasteiger partial charge in [-0.2, -0.15) is 5.26 Å². The largest absolute Gasteiger partial charge is 0.369 e. The van der Waals surface area contributed by atoms with Crippen molar-refractivity contribution in [3.05, 3.63) is 71.4 Å². The van der Waals surface area contributed by atoms with Gasteiger partial charge in [0.25, 0.3) is 0 Å². The zero-order valence-corrected chi connectivity index (χ0v) is 12.2. The van der Waals surface area contributed by atoms with Crippen LogP contribution in [0.3, 0.4) is 0 Å². The number of hydrogen-bond acceptors (Lipinski definition) is 4. The molecule has 0 fully saturated rings. The number of aromatic nitrogens is 1. The Hall–Kier alpha value is -3.16. The van der Waals surface area contributed by atoms with Gasteiger partial charge in [-0.1, -0.05) is 18.2 Å². The van der Waals surface area contributed by atoms with Crippen molar-refractivity contribution >= 4 is 28.2 Å². The van der Waals surface area contributed by atoms with Crippen LogP contribution in [-0.4, -0.2) is 16.3 Å². The second-order valence-corrected chi connectivity index (χ2v) is 5.44. The number of nitrogens with zero attached hydrogens (tertiary/aromatic N) is 2. The van der Waals surface area contributed by atoms with Gasteiger partial charge in [0, 0.05) is 28.4 Å². The molecular weight excluding hydrogens is 286 g/mol. The van der Waals surface area contributed by atoms with E-state index in [9.17, 15) is 5.11 Å². The second-order valence-electron chi connectivity index (χ2n) is 5.44. The summed E-state index contributed by atoms with van der Waals surface area (Å²) >= 11 is 0. The SMILES string of the molecule is N#Cc1ccc2c(c1)C(=Cc1ccnc3ccccc13)C(O)N2. The molecule has 0 radical (unpaired) electrons. The zero-order valence-electron chi connectivity index (χ0n) is 12.2. The number of nitriles is 1. The van der Waals surface area contributed by atoms with Crippen LogP contribution in [0.2, 0.25) is 0 Å². The molecule has 1 aliphatic rings. The minimum absolute atomic E-state index is 0.574. The van der Waals surface area contributed by atoms with E-state index in [1.54, 1.807) is 18.3 Å². The predicted octanol–water partition coefficient (Wildman–Crippen LogP) is 3.39. The third kappa shape index (κ3) is 2.24. The fourth-order valence-electron chi connectivity index (χ4n) is 2.92. The van der Waals surface area contributed by atoms with Gasteiger partial charge in [0.05, 0.1) is 17.1 Å². The molecule has 2 N–H and O–H groups in total. The van der Waals surface area contributed by atoms with Crippen molar-refractivity contribution in [3.63, 3.8) is 0 Å². The second kappa shape index (κ2) is 5.24. The number of rotatable bonds is 1. The summed E-state index contributed by atoms with van der Waals surface area (Å²) in [6, 6.07) is 17.3. The lowest BCUT2D eigenvalue weighted by Gasteiger charge is -2.07. The van der Waals surface area contributed by atoms with E-state index >= 15 is 0 Å².